The molecule has 7 nitrogen and oxygen atoms in total. The summed E-state index contributed by atoms with van der Waals surface area (Å²) in [4.78, 5) is 30.1. The van der Waals surface area contributed by atoms with Gasteiger partial charge in [-0.05, 0) is 42.7 Å². The second-order valence-corrected chi connectivity index (χ2v) is 8.71. The number of benzene rings is 2. The Balaban J connectivity index is 2.08. The molecule has 0 fully saturated rings. The van der Waals surface area contributed by atoms with Gasteiger partial charge in [-0.1, -0.05) is 42.8 Å². The summed E-state index contributed by atoms with van der Waals surface area (Å²) in [7, 11) is 3.79. The largest absolute Gasteiger partial charge is 0.398 e. The van der Waals surface area contributed by atoms with Gasteiger partial charge in [0, 0.05) is 43.2 Å². The summed E-state index contributed by atoms with van der Waals surface area (Å²) in [5.41, 5.74) is 17.5. The first kappa shape index (κ1) is 25.1. The van der Waals surface area contributed by atoms with Gasteiger partial charge in [-0.3, -0.25) is 4.79 Å². The maximum absolute atomic E-state index is 12.8. The van der Waals surface area contributed by atoms with E-state index in [0.717, 1.165) is 28.7 Å². The number of hydrogen-bond acceptors (Lipinski definition) is 6. The summed E-state index contributed by atoms with van der Waals surface area (Å²) in [6.45, 7) is 1.92. The molecular weight excluding hydrogens is 450 g/mol. The van der Waals surface area contributed by atoms with Gasteiger partial charge in [-0.15, -0.1) is 0 Å². The number of para-hydroxylation sites is 1. The van der Waals surface area contributed by atoms with Gasteiger partial charge in [0.2, 0.25) is 5.91 Å². The van der Waals surface area contributed by atoms with Crippen LogP contribution in [0.1, 0.15) is 26.2 Å². The molecule has 0 saturated carbocycles. The highest BCUT2D eigenvalue weighted by Gasteiger charge is 2.20. The summed E-state index contributed by atoms with van der Waals surface area (Å²) < 4.78 is 0. The number of pyridine rings is 1. The van der Waals surface area contributed by atoms with E-state index in [9.17, 15) is 9.59 Å². The number of rotatable bonds is 9. The standard InChI is InChI=1S/C26H30ClN5O2/c1-4-16(8-7-13-33)26(34)31-23-14-17(11-12-20(23)27)19-15-22(18-9-5-6-10-21(18)28)30-25(29)24(19)32(2)3/h5-6,9-16H,4,7-8,28H2,1-3H3,(H2,29,30)(H,31,34). The zero-order chi connectivity index (χ0) is 24.8. The van der Waals surface area contributed by atoms with Crippen LogP contribution in [0.25, 0.3) is 22.4 Å². The van der Waals surface area contributed by atoms with Gasteiger partial charge >= 0.3 is 0 Å². The minimum atomic E-state index is -0.272. The number of nitrogens with one attached hydrogen (secondary N) is 1. The number of carbonyl (C=O) groups is 2. The highest BCUT2D eigenvalue weighted by Crippen LogP contribution is 2.40. The summed E-state index contributed by atoms with van der Waals surface area (Å²) in [6, 6.07) is 14.9. The summed E-state index contributed by atoms with van der Waals surface area (Å²) >= 11 is 6.43. The number of amides is 1. The molecule has 1 unspecified atom stereocenters. The Bertz CT molecular complexity index is 1200. The zero-order valence-electron chi connectivity index (χ0n) is 19.6. The van der Waals surface area contributed by atoms with Crippen LogP contribution in [0.5, 0.6) is 0 Å². The number of anilines is 4. The van der Waals surface area contributed by atoms with Crippen molar-refractivity contribution in [1.82, 2.24) is 4.98 Å². The highest BCUT2D eigenvalue weighted by atomic mass is 35.5. The van der Waals surface area contributed by atoms with E-state index in [2.05, 4.69) is 10.3 Å². The van der Waals surface area contributed by atoms with Crippen LogP contribution < -0.4 is 21.7 Å². The Labute approximate surface area is 205 Å². The fourth-order valence-corrected chi connectivity index (χ4v) is 4.09. The third kappa shape index (κ3) is 5.48. The number of aromatic nitrogens is 1. The quantitative estimate of drug-likeness (QED) is 0.285. The lowest BCUT2D eigenvalue weighted by Gasteiger charge is -2.22. The molecule has 8 heteroatoms. The van der Waals surface area contributed by atoms with Gasteiger partial charge < -0.3 is 26.5 Å². The Morgan fingerprint density at radius 2 is 1.88 bits per heavy atom. The number of aldehydes is 1. The van der Waals surface area contributed by atoms with E-state index in [0.29, 0.717) is 47.2 Å². The van der Waals surface area contributed by atoms with Gasteiger partial charge in [0.15, 0.2) is 0 Å². The van der Waals surface area contributed by atoms with Gasteiger partial charge in [0.1, 0.15) is 12.1 Å². The van der Waals surface area contributed by atoms with E-state index < -0.39 is 0 Å². The number of nitrogens with zero attached hydrogens (tertiary/aromatic N) is 2. The second kappa shape index (κ2) is 11.0. The monoisotopic (exact) mass is 479 g/mol. The predicted octanol–water partition coefficient (Wildman–Crippen LogP) is 5.24. The van der Waals surface area contributed by atoms with Crippen molar-refractivity contribution in [3.8, 4) is 22.4 Å². The third-order valence-electron chi connectivity index (χ3n) is 5.74. The fourth-order valence-electron chi connectivity index (χ4n) is 3.93. The van der Waals surface area contributed by atoms with E-state index in [4.69, 9.17) is 23.1 Å². The zero-order valence-corrected chi connectivity index (χ0v) is 20.4. The Kier molecular flexibility index (Phi) is 8.12. The molecule has 0 aliphatic heterocycles. The van der Waals surface area contributed by atoms with Crippen LogP contribution in [0, 0.1) is 5.92 Å². The molecule has 3 aromatic rings. The number of carbonyl (C=O) groups excluding carboxylic acids is 2. The van der Waals surface area contributed by atoms with E-state index in [-0.39, 0.29) is 11.8 Å². The van der Waals surface area contributed by atoms with Gasteiger partial charge in [-0.25, -0.2) is 4.98 Å². The lowest BCUT2D eigenvalue weighted by Crippen LogP contribution is -2.22. The van der Waals surface area contributed by atoms with Crippen molar-refractivity contribution in [2.75, 3.05) is 35.8 Å². The molecule has 0 spiro atoms. The minimum Gasteiger partial charge on any atom is -0.398 e. The van der Waals surface area contributed by atoms with E-state index in [1.165, 1.54) is 0 Å². The summed E-state index contributed by atoms with van der Waals surface area (Å²) in [5, 5.41) is 3.35. The van der Waals surface area contributed by atoms with E-state index in [1.54, 1.807) is 6.07 Å². The van der Waals surface area contributed by atoms with Crippen LogP contribution in [0.3, 0.4) is 0 Å². The first-order chi connectivity index (χ1) is 16.3. The third-order valence-corrected chi connectivity index (χ3v) is 6.07. The fraction of sp³-hybridized carbons (Fsp3) is 0.269. The molecule has 0 aliphatic carbocycles. The SMILES string of the molecule is CCC(CCC=O)C(=O)Nc1cc(-c2cc(-c3ccccc3N)nc(N)c2N(C)C)ccc1Cl. The van der Waals surface area contributed by atoms with E-state index >= 15 is 0 Å². The lowest BCUT2D eigenvalue weighted by molar-refractivity contribution is -0.120. The number of nitrogens with two attached hydrogens (primary N) is 2. The second-order valence-electron chi connectivity index (χ2n) is 8.30. The molecule has 5 N–H and O–H groups in total. The predicted molar refractivity (Wildman–Crippen MR) is 141 cm³/mol. The Morgan fingerprint density at radius 1 is 1.15 bits per heavy atom. The molecule has 0 saturated heterocycles. The van der Waals surface area contributed by atoms with Crippen molar-refractivity contribution < 1.29 is 9.59 Å². The van der Waals surface area contributed by atoms with Gasteiger partial charge in [0.05, 0.1) is 22.1 Å². The molecule has 0 bridgehead atoms. The van der Waals surface area contributed by atoms with Crippen LogP contribution in [-0.4, -0.2) is 31.3 Å². The molecule has 3 rings (SSSR count). The maximum atomic E-state index is 12.8. The van der Waals surface area contributed by atoms with Crippen LogP contribution in [0.2, 0.25) is 5.02 Å². The molecule has 1 atom stereocenters. The first-order valence-electron chi connectivity index (χ1n) is 11.1. The van der Waals surface area contributed by atoms with Gasteiger partial charge in [0.25, 0.3) is 0 Å². The summed E-state index contributed by atoms with van der Waals surface area (Å²) in [5.74, 6) is -0.0732. The topological polar surface area (TPSA) is 114 Å². The average molecular weight is 480 g/mol. The van der Waals surface area contributed by atoms with Gasteiger partial charge in [-0.2, -0.15) is 0 Å². The van der Waals surface area contributed by atoms with E-state index in [1.807, 2.05) is 68.4 Å². The molecule has 2 aromatic carbocycles. The van der Waals surface area contributed by atoms with Crippen LogP contribution >= 0.6 is 11.6 Å². The molecule has 34 heavy (non-hydrogen) atoms. The lowest BCUT2D eigenvalue weighted by atomic mass is 9.98. The van der Waals surface area contributed by atoms with Crippen LogP contribution in [-0.2, 0) is 9.59 Å². The average Bonchev–Trinajstić information content (AvgIpc) is 2.80. The maximum Gasteiger partial charge on any atom is 0.227 e. The summed E-state index contributed by atoms with van der Waals surface area (Å²) in [6.07, 6.45) is 2.30. The molecule has 1 heterocycles. The first-order valence-corrected chi connectivity index (χ1v) is 11.5. The smallest absolute Gasteiger partial charge is 0.227 e. The molecule has 178 valence electrons. The molecule has 0 radical (unpaired) electrons. The van der Waals surface area contributed by atoms with Crippen LogP contribution in [0.15, 0.2) is 48.5 Å². The Hall–Kier alpha value is -3.58. The normalized spacial score (nSPS) is 11.6. The van der Waals surface area contributed by atoms with Crippen molar-refractivity contribution in [2.24, 2.45) is 5.92 Å². The molecule has 0 aliphatic rings. The molecule has 1 aromatic heterocycles. The number of nitrogen functional groups attached to an aromatic ring is 2. The van der Waals surface area contributed by atoms with Crippen molar-refractivity contribution in [1.29, 1.82) is 0 Å². The Morgan fingerprint density at radius 3 is 2.53 bits per heavy atom. The van der Waals surface area contributed by atoms with Crippen molar-refractivity contribution in [2.45, 2.75) is 26.2 Å². The van der Waals surface area contributed by atoms with Crippen molar-refractivity contribution in [3.05, 3.63) is 53.6 Å². The van der Waals surface area contributed by atoms with Crippen molar-refractivity contribution >= 4 is 46.7 Å². The number of hydrogen-bond donors (Lipinski definition) is 3. The number of halogens is 1. The van der Waals surface area contributed by atoms with Crippen molar-refractivity contribution in [3.63, 3.8) is 0 Å². The molecule has 1 amide bonds. The molecular formula is C26H30ClN5O2. The minimum absolute atomic E-state index is 0.164. The highest BCUT2D eigenvalue weighted by molar-refractivity contribution is 6.33. The van der Waals surface area contributed by atoms with Crippen LogP contribution in [0.4, 0.5) is 22.9 Å².